The van der Waals surface area contributed by atoms with Gasteiger partial charge in [-0.25, -0.2) is 9.97 Å². The molecule has 0 saturated heterocycles. The van der Waals surface area contributed by atoms with E-state index in [-0.39, 0.29) is 11.9 Å². The molecule has 25 heavy (non-hydrogen) atoms. The number of hydrogen-bond donors (Lipinski definition) is 2. The molecule has 0 aliphatic rings. The van der Waals surface area contributed by atoms with Gasteiger partial charge in [-0.3, -0.25) is 4.79 Å². The Bertz CT molecular complexity index is 877. The Hall–Kier alpha value is -2.86. The van der Waals surface area contributed by atoms with Crippen molar-refractivity contribution in [2.24, 2.45) is 0 Å². The normalized spacial score (nSPS) is 10.7. The number of pyridine rings is 1. The quantitative estimate of drug-likeness (QED) is 0.725. The minimum atomic E-state index is -0.248. The van der Waals surface area contributed by atoms with Crippen LogP contribution in [0.1, 0.15) is 24.2 Å². The van der Waals surface area contributed by atoms with Crippen LogP contribution in [0.25, 0.3) is 5.69 Å². The summed E-state index contributed by atoms with van der Waals surface area (Å²) in [5, 5.41) is 6.54. The van der Waals surface area contributed by atoms with E-state index in [4.69, 9.17) is 11.6 Å². The summed E-state index contributed by atoms with van der Waals surface area (Å²) < 4.78 is 1.81. The van der Waals surface area contributed by atoms with E-state index in [9.17, 15) is 4.79 Å². The van der Waals surface area contributed by atoms with E-state index < -0.39 is 0 Å². The molecule has 3 aromatic rings. The zero-order chi connectivity index (χ0) is 17.8. The van der Waals surface area contributed by atoms with Gasteiger partial charge in [-0.1, -0.05) is 11.6 Å². The van der Waals surface area contributed by atoms with Crippen LogP contribution in [0.15, 0.2) is 55.2 Å². The number of amides is 1. The molecule has 6 nitrogen and oxygen atoms in total. The predicted octanol–water partition coefficient (Wildman–Crippen LogP) is 3.99. The van der Waals surface area contributed by atoms with Crippen molar-refractivity contribution in [3.8, 4) is 5.69 Å². The molecule has 1 aromatic carbocycles. The van der Waals surface area contributed by atoms with Crippen LogP contribution in [0.2, 0.25) is 5.02 Å². The van der Waals surface area contributed by atoms with Gasteiger partial charge >= 0.3 is 0 Å². The summed E-state index contributed by atoms with van der Waals surface area (Å²) in [7, 11) is 0. The number of benzene rings is 1. The SMILES string of the molecule is CC(C)Nc1ncccc1C(=O)Nc1ccc(-n2ccnc2)c(Cl)c1. The fourth-order valence-corrected chi connectivity index (χ4v) is 2.65. The lowest BCUT2D eigenvalue weighted by Gasteiger charge is -2.14. The first-order chi connectivity index (χ1) is 12.0. The number of imidazole rings is 1. The Morgan fingerprint density at radius 1 is 1.24 bits per heavy atom. The second-order valence-corrected chi connectivity index (χ2v) is 6.20. The first-order valence-electron chi connectivity index (χ1n) is 7.85. The van der Waals surface area contributed by atoms with E-state index >= 15 is 0 Å². The van der Waals surface area contributed by atoms with Crippen molar-refractivity contribution in [1.82, 2.24) is 14.5 Å². The van der Waals surface area contributed by atoms with Crippen molar-refractivity contribution < 1.29 is 4.79 Å². The Balaban J connectivity index is 1.81. The van der Waals surface area contributed by atoms with E-state index in [1.807, 2.05) is 19.9 Å². The van der Waals surface area contributed by atoms with Gasteiger partial charge in [0.05, 0.1) is 22.6 Å². The van der Waals surface area contributed by atoms with Crippen LogP contribution in [0.5, 0.6) is 0 Å². The lowest BCUT2D eigenvalue weighted by molar-refractivity contribution is 0.102. The van der Waals surface area contributed by atoms with Crippen molar-refractivity contribution in [3.63, 3.8) is 0 Å². The molecule has 7 heteroatoms. The Kier molecular flexibility index (Phi) is 5.00. The average Bonchev–Trinajstić information content (AvgIpc) is 3.09. The van der Waals surface area contributed by atoms with Crippen LogP contribution >= 0.6 is 11.6 Å². The maximum absolute atomic E-state index is 12.6. The van der Waals surface area contributed by atoms with E-state index in [1.165, 1.54) is 0 Å². The summed E-state index contributed by atoms with van der Waals surface area (Å²) in [6.07, 6.45) is 6.80. The number of anilines is 2. The van der Waals surface area contributed by atoms with Gasteiger partial charge in [0, 0.05) is 30.3 Å². The van der Waals surface area contributed by atoms with E-state index in [0.29, 0.717) is 22.1 Å². The largest absolute Gasteiger partial charge is 0.367 e. The highest BCUT2D eigenvalue weighted by atomic mass is 35.5. The molecule has 0 aliphatic heterocycles. The lowest BCUT2D eigenvalue weighted by Crippen LogP contribution is -2.18. The number of halogens is 1. The molecule has 0 radical (unpaired) electrons. The van der Waals surface area contributed by atoms with Crippen LogP contribution in [0.4, 0.5) is 11.5 Å². The summed E-state index contributed by atoms with van der Waals surface area (Å²) in [5.74, 6) is 0.304. The van der Waals surface area contributed by atoms with Crippen LogP contribution in [0.3, 0.4) is 0 Å². The second kappa shape index (κ2) is 7.36. The minimum Gasteiger partial charge on any atom is -0.367 e. The topological polar surface area (TPSA) is 71.8 Å². The number of nitrogens with zero attached hydrogens (tertiary/aromatic N) is 3. The van der Waals surface area contributed by atoms with Crippen LogP contribution in [-0.2, 0) is 0 Å². The fourth-order valence-electron chi connectivity index (χ4n) is 2.37. The second-order valence-electron chi connectivity index (χ2n) is 5.79. The van der Waals surface area contributed by atoms with Crippen molar-refractivity contribution in [2.75, 3.05) is 10.6 Å². The van der Waals surface area contributed by atoms with Gasteiger partial charge in [0.15, 0.2) is 0 Å². The zero-order valence-electron chi connectivity index (χ0n) is 13.9. The van der Waals surface area contributed by atoms with Gasteiger partial charge in [0.1, 0.15) is 5.82 Å². The maximum atomic E-state index is 12.6. The van der Waals surface area contributed by atoms with Crippen molar-refractivity contribution in [3.05, 3.63) is 65.8 Å². The van der Waals surface area contributed by atoms with Crippen molar-refractivity contribution >= 4 is 29.0 Å². The summed E-state index contributed by atoms with van der Waals surface area (Å²) in [4.78, 5) is 20.8. The van der Waals surface area contributed by atoms with E-state index in [2.05, 4.69) is 20.6 Å². The molecular weight excluding hydrogens is 338 g/mol. The lowest BCUT2D eigenvalue weighted by atomic mass is 10.2. The first kappa shape index (κ1) is 17.0. The highest BCUT2D eigenvalue weighted by molar-refractivity contribution is 6.32. The molecule has 0 aliphatic carbocycles. The van der Waals surface area contributed by atoms with Gasteiger partial charge in [0.2, 0.25) is 0 Å². The molecule has 2 heterocycles. The van der Waals surface area contributed by atoms with E-state index in [0.717, 1.165) is 5.69 Å². The molecule has 2 N–H and O–H groups in total. The van der Waals surface area contributed by atoms with Gasteiger partial charge in [-0.15, -0.1) is 0 Å². The third kappa shape index (κ3) is 3.97. The number of rotatable bonds is 5. The average molecular weight is 356 g/mol. The molecule has 1 amide bonds. The van der Waals surface area contributed by atoms with E-state index in [1.54, 1.807) is 53.8 Å². The predicted molar refractivity (Wildman–Crippen MR) is 99.5 cm³/mol. The number of carbonyl (C=O) groups is 1. The molecule has 128 valence electrons. The van der Waals surface area contributed by atoms with Crippen LogP contribution < -0.4 is 10.6 Å². The number of hydrogen-bond acceptors (Lipinski definition) is 4. The van der Waals surface area contributed by atoms with Crippen LogP contribution in [-0.4, -0.2) is 26.5 Å². The minimum absolute atomic E-state index is 0.172. The van der Waals surface area contributed by atoms with Crippen molar-refractivity contribution in [2.45, 2.75) is 19.9 Å². The monoisotopic (exact) mass is 355 g/mol. The smallest absolute Gasteiger partial charge is 0.259 e. The third-order valence-corrected chi connectivity index (χ3v) is 3.77. The third-order valence-electron chi connectivity index (χ3n) is 3.47. The molecule has 0 unspecified atom stereocenters. The number of aromatic nitrogens is 3. The van der Waals surface area contributed by atoms with Gasteiger partial charge < -0.3 is 15.2 Å². The van der Waals surface area contributed by atoms with Gasteiger partial charge in [0.25, 0.3) is 5.91 Å². The molecule has 3 rings (SSSR count). The molecule has 0 fully saturated rings. The molecule has 2 aromatic heterocycles. The summed E-state index contributed by atoms with van der Waals surface area (Å²) >= 11 is 6.33. The zero-order valence-corrected chi connectivity index (χ0v) is 14.7. The molecule has 0 bridgehead atoms. The summed E-state index contributed by atoms with van der Waals surface area (Å²) in [5.41, 5.74) is 1.88. The molecule has 0 atom stereocenters. The fraction of sp³-hybridized carbons (Fsp3) is 0.167. The Labute approximate surface area is 150 Å². The Morgan fingerprint density at radius 3 is 2.76 bits per heavy atom. The van der Waals surface area contributed by atoms with Gasteiger partial charge in [-0.2, -0.15) is 0 Å². The van der Waals surface area contributed by atoms with Crippen molar-refractivity contribution in [1.29, 1.82) is 0 Å². The molecular formula is C18H18ClN5O. The van der Waals surface area contributed by atoms with Gasteiger partial charge in [-0.05, 0) is 44.2 Å². The summed E-state index contributed by atoms with van der Waals surface area (Å²) in [6.45, 7) is 3.98. The number of nitrogens with one attached hydrogen (secondary N) is 2. The Morgan fingerprint density at radius 2 is 2.08 bits per heavy atom. The molecule has 0 spiro atoms. The number of carbonyl (C=O) groups excluding carboxylic acids is 1. The highest BCUT2D eigenvalue weighted by Gasteiger charge is 2.14. The summed E-state index contributed by atoms with van der Waals surface area (Å²) in [6, 6.07) is 8.97. The first-order valence-corrected chi connectivity index (χ1v) is 8.23. The van der Waals surface area contributed by atoms with Crippen LogP contribution in [0, 0.1) is 0 Å². The maximum Gasteiger partial charge on any atom is 0.259 e. The molecule has 0 saturated carbocycles. The standard InChI is InChI=1S/C18H18ClN5O/c1-12(2)22-17-14(4-3-7-21-17)18(25)23-13-5-6-16(15(19)10-13)24-9-8-20-11-24/h3-12H,1-2H3,(H,21,22)(H,23,25). The highest BCUT2D eigenvalue weighted by Crippen LogP contribution is 2.25.